The number of alkyl carbamates (subject to hydrolysis) is 1. The summed E-state index contributed by atoms with van der Waals surface area (Å²) in [6, 6.07) is 16.1. The van der Waals surface area contributed by atoms with Gasteiger partial charge in [-0.1, -0.05) is 48.5 Å². The van der Waals surface area contributed by atoms with Crippen molar-refractivity contribution in [2.45, 2.75) is 37.6 Å². The third-order valence-corrected chi connectivity index (χ3v) is 6.67. The molecule has 2 aromatic rings. The number of carbonyl (C=O) groups excluding carboxylic acids is 1. The normalized spacial score (nSPS) is 21.5. The highest BCUT2D eigenvalue weighted by molar-refractivity contribution is 5.79. The van der Waals surface area contributed by atoms with E-state index in [1.54, 1.807) is 0 Å². The second-order valence-corrected chi connectivity index (χ2v) is 8.35. The fourth-order valence-electron chi connectivity index (χ4n) is 4.96. The molecular weight excluding hydrogens is 354 g/mol. The Morgan fingerprint density at radius 2 is 1.68 bits per heavy atom. The van der Waals surface area contributed by atoms with Crippen molar-refractivity contribution in [3.05, 3.63) is 59.7 Å². The number of rotatable bonds is 6. The molecule has 2 fully saturated rings. The molecule has 0 saturated heterocycles. The number of carbonyl (C=O) groups is 2. The third kappa shape index (κ3) is 2.95. The van der Waals surface area contributed by atoms with E-state index in [1.807, 2.05) is 24.3 Å². The molecule has 5 rings (SSSR count). The van der Waals surface area contributed by atoms with E-state index in [0.717, 1.165) is 30.4 Å². The SMILES string of the molecule is O=C(O)C[C@H](NC(=O)OCC1c2ccccc2-c2ccccc21)C1CC12CC2. The maximum Gasteiger partial charge on any atom is 0.407 e. The third-order valence-electron chi connectivity index (χ3n) is 6.67. The second-order valence-electron chi connectivity index (χ2n) is 8.35. The maximum atomic E-state index is 12.5. The van der Waals surface area contributed by atoms with Crippen LogP contribution in [0, 0.1) is 11.3 Å². The summed E-state index contributed by atoms with van der Waals surface area (Å²) in [5, 5.41) is 12.0. The molecule has 3 aliphatic carbocycles. The van der Waals surface area contributed by atoms with Crippen LogP contribution in [-0.4, -0.2) is 29.8 Å². The highest BCUT2D eigenvalue weighted by Crippen LogP contribution is 2.71. The summed E-state index contributed by atoms with van der Waals surface area (Å²) in [5.74, 6) is -0.595. The molecule has 2 aromatic carbocycles. The van der Waals surface area contributed by atoms with E-state index in [-0.39, 0.29) is 30.9 Å². The summed E-state index contributed by atoms with van der Waals surface area (Å²) >= 11 is 0. The largest absolute Gasteiger partial charge is 0.481 e. The van der Waals surface area contributed by atoms with Crippen molar-refractivity contribution in [3.63, 3.8) is 0 Å². The van der Waals surface area contributed by atoms with Gasteiger partial charge < -0.3 is 15.2 Å². The van der Waals surface area contributed by atoms with Crippen LogP contribution < -0.4 is 5.32 Å². The molecule has 2 saturated carbocycles. The van der Waals surface area contributed by atoms with Crippen LogP contribution in [0.1, 0.15) is 42.7 Å². The minimum Gasteiger partial charge on any atom is -0.481 e. The van der Waals surface area contributed by atoms with Crippen molar-refractivity contribution in [1.29, 1.82) is 0 Å². The summed E-state index contributed by atoms with van der Waals surface area (Å²) in [5.41, 5.74) is 5.01. The van der Waals surface area contributed by atoms with Crippen LogP contribution in [-0.2, 0) is 9.53 Å². The Kier molecular flexibility index (Phi) is 3.93. The van der Waals surface area contributed by atoms with Crippen LogP contribution in [0.4, 0.5) is 4.79 Å². The molecule has 5 nitrogen and oxygen atoms in total. The van der Waals surface area contributed by atoms with E-state index in [4.69, 9.17) is 4.74 Å². The summed E-state index contributed by atoms with van der Waals surface area (Å²) in [4.78, 5) is 23.7. The molecule has 0 aromatic heterocycles. The molecular formula is C23H23NO4. The van der Waals surface area contributed by atoms with Crippen molar-refractivity contribution >= 4 is 12.1 Å². The van der Waals surface area contributed by atoms with Crippen LogP contribution in [0.15, 0.2) is 48.5 Å². The van der Waals surface area contributed by atoms with Crippen molar-refractivity contribution in [3.8, 4) is 11.1 Å². The predicted molar refractivity (Wildman–Crippen MR) is 104 cm³/mol. The average molecular weight is 377 g/mol. The first kappa shape index (κ1) is 17.3. The molecule has 0 bridgehead atoms. The number of hydrogen-bond donors (Lipinski definition) is 2. The summed E-state index contributed by atoms with van der Waals surface area (Å²) in [7, 11) is 0. The molecule has 144 valence electrons. The lowest BCUT2D eigenvalue weighted by molar-refractivity contribution is -0.137. The van der Waals surface area contributed by atoms with E-state index >= 15 is 0 Å². The van der Waals surface area contributed by atoms with Gasteiger partial charge in [-0.2, -0.15) is 0 Å². The summed E-state index contributed by atoms with van der Waals surface area (Å²) in [6.45, 7) is 0.245. The lowest BCUT2D eigenvalue weighted by Gasteiger charge is -2.19. The Morgan fingerprint density at radius 3 is 2.21 bits per heavy atom. The number of ether oxygens (including phenoxy) is 1. The molecule has 0 radical (unpaired) electrons. The van der Waals surface area contributed by atoms with Gasteiger partial charge in [-0.25, -0.2) is 4.79 Å². The number of amides is 1. The molecule has 5 heteroatoms. The number of carboxylic acid groups (broad SMARTS) is 1. The predicted octanol–water partition coefficient (Wildman–Crippen LogP) is 4.17. The molecule has 2 atom stereocenters. The zero-order valence-corrected chi connectivity index (χ0v) is 15.6. The molecule has 3 aliphatic rings. The highest BCUT2D eigenvalue weighted by atomic mass is 16.5. The highest BCUT2D eigenvalue weighted by Gasteiger charge is 2.65. The van der Waals surface area contributed by atoms with Gasteiger partial charge >= 0.3 is 12.1 Å². The fourth-order valence-corrected chi connectivity index (χ4v) is 4.96. The lowest BCUT2D eigenvalue weighted by atomic mass is 9.98. The van der Waals surface area contributed by atoms with E-state index in [1.165, 1.54) is 11.1 Å². The van der Waals surface area contributed by atoms with Crippen LogP contribution in [0.2, 0.25) is 0 Å². The molecule has 28 heavy (non-hydrogen) atoms. The van der Waals surface area contributed by atoms with Crippen molar-refractivity contribution in [1.82, 2.24) is 5.32 Å². The van der Waals surface area contributed by atoms with Gasteiger partial charge in [-0.05, 0) is 52.8 Å². The zero-order chi connectivity index (χ0) is 19.3. The molecule has 0 heterocycles. The Balaban J connectivity index is 1.27. The summed E-state index contributed by atoms with van der Waals surface area (Å²) < 4.78 is 5.58. The second kappa shape index (κ2) is 6.36. The molecule has 1 unspecified atom stereocenters. The van der Waals surface area contributed by atoms with Crippen molar-refractivity contribution in [2.75, 3.05) is 6.61 Å². The standard InChI is InChI=1S/C23H23NO4/c25-21(26)11-20(19-12-23(19)9-10-23)24-22(27)28-13-18-16-7-3-1-5-14(16)15-6-2-4-8-17(15)18/h1-8,18-20H,9-13H2,(H,24,27)(H,25,26)/t19?,20-/m0/s1. The van der Waals surface area contributed by atoms with E-state index in [0.29, 0.717) is 5.41 Å². The fraction of sp³-hybridized carbons (Fsp3) is 0.391. The molecule has 0 aliphatic heterocycles. The lowest BCUT2D eigenvalue weighted by Crippen LogP contribution is -2.39. The van der Waals surface area contributed by atoms with Gasteiger partial charge in [0.25, 0.3) is 0 Å². The first-order valence-electron chi connectivity index (χ1n) is 9.91. The first-order valence-corrected chi connectivity index (χ1v) is 9.91. The van der Waals surface area contributed by atoms with Gasteiger partial charge in [-0.15, -0.1) is 0 Å². The number of hydrogen-bond acceptors (Lipinski definition) is 3. The van der Waals surface area contributed by atoms with Crippen LogP contribution in [0.25, 0.3) is 11.1 Å². The number of benzene rings is 2. The van der Waals surface area contributed by atoms with Crippen molar-refractivity contribution < 1.29 is 19.4 Å². The van der Waals surface area contributed by atoms with Crippen LogP contribution >= 0.6 is 0 Å². The van der Waals surface area contributed by atoms with E-state index in [2.05, 4.69) is 29.6 Å². The van der Waals surface area contributed by atoms with Crippen molar-refractivity contribution in [2.24, 2.45) is 11.3 Å². The average Bonchev–Trinajstić information content (AvgIpc) is 3.59. The van der Waals surface area contributed by atoms with Gasteiger partial charge in [0.15, 0.2) is 0 Å². The topological polar surface area (TPSA) is 75.6 Å². The number of aliphatic carboxylic acids is 1. The smallest absolute Gasteiger partial charge is 0.407 e. The van der Waals surface area contributed by atoms with Crippen LogP contribution in [0.3, 0.4) is 0 Å². The molecule has 2 N–H and O–H groups in total. The number of carboxylic acids is 1. The Bertz CT molecular complexity index is 904. The quantitative estimate of drug-likeness (QED) is 0.792. The van der Waals surface area contributed by atoms with Gasteiger partial charge in [0.05, 0.1) is 6.42 Å². The van der Waals surface area contributed by atoms with Gasteiger partial charge in [0.1, 0.15) is 6.61 Å². The minimum atomic E-state index is -0.883. The van der Waals surface area contributed by atoms with Gasteiger partial charge in [0.2, 0.25) is 0 Å². The maximum absolute atomic E-state index is 12.5. The Morgan fingerprint density at radius 1 is 1.07 bits per heavy atom. The summed E-state index contributed by atoms with van der Waals surface area (Å²) in [6.07, 6.45) is 2.77. The Hall–Kier alpha value is -2.82. The Labute approximate surface area is 163 Å². The molecule has 1 spiro atoms. The zero-order valence-electron chi connectivity index (χ0n) is 15.6. The number of fused-ring (bicyclic) bond motifs is 3. The monoisotopic (exact) mass is 377 g/mol. The minimum absolute atomic E-state index is 0.00627. The number of nitrogens with one attached hydrogen (secondary N) is 1. The van der Waals surface area contributed by atoms with Gasteiger partial charge in [-0.3, -0.25) is 4.79 Å². The van der Waals surface area contributed by atoms with Gasteiger partial charge in [0, 0.05) is 12.0 Å². The van der Waals surface area contributed by atoms with E-state index < -0.39 is 12.1 Å². The first-order chi connectivity index (χ1) is 13.6. The van der Waals surface area contributed by atoms with Crippen LogP contribution in [0.5, 0.6) is 0 Å². The van der Waals surface area contributed by atoms with E-state index in [9.17, 15) is 14.7 Å². The molecule has 1 amide bonds.